The van der Waals surface area contributed by atoms with Crippen molar-refractivity contribution in [3.05, 3.63) is 41.1 Å². The van der Waals surface area contributed by atoms with Gasteiger partial charge in [0.2, 0.25) is 17.8 Å². The molecule has 0 saturated heterocycles. The number of rotatable bonds is 5. The Kier molecular flexibility index (Phi) is 3.78. The number of anilines is 2. The van der Waals surface area contributed by atoms with Crippen molar-refractivity contribution in [2.24, 2.45) is 0 Å². The lowest BCUT2D eigenvalue weighted by molar-refractivity contribution is 0.846. The van der Waals surface area contributed by atoms with Crippen LogP contribution < -0.4 is 10.6 Å². The molecule has 0 aliphatic heterocycles. The molecular formula is C13H15N7S. The van der Waals surface area contributed by atoms with Crippen LogP contribution in [-0.4, -0.2) is 31.6 Å². The third kappa shape index (κ3) is 3.00. The quantitative estimate of drug-likeness (QED) is 0.753. The summed E-state index contributed by atoms with van der Waals surface area (Å²) < 4.78 is 1.74. The van der Waals surface area contributed by atoms with E-state index in [4.69, 9.17) is 0 Å². The highest BCUT2D eigenvalue weighted by Gasteiger charge is 2.11. The number of imidazole rings is 1. The predicted octanol–water partition coefficient (Wildman–Crippen LogP) is 2.33. The van der Waals surface area contributed by atoms with Crippen LogP contribution in [0.25, 0.3) is 5.95 Å². The maximum absolute atomic E-state index is 4.43. The van der Waals surface area contributed by atoms with E-state index in [1.54, 1.807) is 41.7 Å². The summed E-state index contributed by atoms with van der Waals surface area (Å²) in [7, 11) is 1.78. The zero-order valence-corrected chi connectivity index (χ0v) is 12.5. The van der Waals surface area contributed by atoms with E-state index in [-0.39, 0.29) is 6.04 Å². The Hall–Kier alpha value is -2.48. The normalized spacial score (nSPS) is 12.1. The molecule has 0 spiro atoms. The summed E-state index contributed by atoms with van der Waals surface area (Å²) in [5.74, 6) is 1.56. The molecule has 8 heteroatoms. The summed E-state index contributed by atoms with van der Waals surface area (Å²) in [6.07, 6.45) is 5.13. The van der Waals surface area contributed by atoms with Gasteiger partial charge in [-0.3, -0.25) is 4.57 Å². The second kappa shape index (κ2) is 5.88. The molecule has 0 saturated carbocycles. The van der Waals surface area contributed by atoms with Gasteiger partial charge >= 0.3 is 0 Å². The fourth-order valence-electron chi connectivity index (χ4n) is 1.84. The van der Waals surface area contributed by atoms with Gasteiger partial charge in [0.15, 0.2) is 0 Å². The smallest absolute Gasteiger partial charge is 0.241 e. The molecule has 21 heavy (non-hydrogen) atoms. The molecule has 0 aliphatic rings. The monoisotopic (exact) mass is 301 g/mol. The van der Waals surface area contributed by atoms with E-state index in [1.807, 2.05) is 6.07 Å². The van der Waals surface area contributed by atoms with Gasteiger partial charge in [0.1, 0.15) is 6.33 Å². The molecule has 2 N–H and O–H groups in total. The maximum Gasteiger partial charge on any atom is 0.241 e. The minimum atomic E-state index is 0.132. The number of hydrogen-bond donors (Lipinski definition) is 2. The second-order valence-electron chi connectivity index (χ2n) is 4.38. The first-order chi connectivity index (χ1) is 10.3. The number of aromatic nitrogens is 5. The van der Waals surface area contributed by atoms with E-state index in [9.17, 15) is 0 Å². The Balaban J connectivity index is 1.89. The lowest BCUT2D eigenvalue weighted by atomic mass is 10.3. The van der Waals surface area contributed by atoms with E-state index in [0.29, 0.717) is 17.8 Å². The zero-order chi connectivity index (χ0) is 14.7. The number of thiophene rings is 1. The van der Waals surface area contributed by atoms with E-state index in [1.165, 1.54) is 4.88 Å². The first-order valence-electron chi connectivity index (χ1n) is 6.48. The lowest BCUT2D eigenvalue weighted by Gasteiger charge is -2.13. The summed E-state index contributed by atoms with van der Waals surface area (Å²) in [6.45, 7) is 2.07. The highest BCUT2D eigenvalue weighted by molar-refractivity contribution is 7.10. The molecule has 3 heterocycles. The minimum absolute atomic E-state index is 0.132. The lowest BCUT2D eigenvalue weighted by Crippen LogP contribution is -2.12. The van der Waals surface area contributed by atoms with Gasteiger partial charge in [0.05, 0.1) is 6.04 Å². The van der Waals surface area contributed by atoms with Gasteiger partial charge < -0.3 is 10.6 Å². The number of nitrogens with zero attached hydrogens (tertiary/aromatic N) is 5. The summed E-state index contributed by atoms with van der Waals surface area (Å²) in [4.78, 5) is 18.3. The largest absolute Gasteiger partial charge is 0.357 e. The van der Waals surface area contributed by atoms with E-state index in [0.717, 1.165) is 0 Å². The van der Waals surface area contributed by atoms with Gasteiger partial charge in [0.25, 0.3) is 0 Å². The van der Waals surface area contributed by atoms with Crippen molar-refractivity contribution in [3.63, 3.8) is 0 Å². The average molecular weight is 301 g/mol. The highest BCUT2D eigenvalue weighted by atomic mass is 32.1. The molecule has 3 aromatic rings. The Morgan fingerprint density at radius 3 is 2.76 bits per heavy atom. The number of hydrogen-bond acceptors (Lipinski definition) is 7. The second-order valence-corrected chi connectivity index (χ2v) is 5.36. The molecule has 3 rings (SSSR count). The fraction of sp³-hybridized carbons (Fsp3) is 0.231. The summed E-state index contributed by atoms with van der Waals surface area (Å²) in [6, 6.07) is 4.24. The molecule has 108 valence electrons. The van der Waals surface area contributed by atoms with Crippen LogP contribution >= 0.6 is 11.3 Å². The fourth-order valence-corrected chi connectivity index (χ4v) is 2.57. The van der Waals surface area contributed by atoms with Crippen molar-refractivity contribution in [1.82, 2.24) is 24.5 Å². The summed E-state index contributed by atoms with van der Waals surface area (Å²) >= 11 is 1.70. The van der Waals surface area contributed by atoms with E-state index >= 15 is 0 Å². The summed E-state index contributed by atoms with van der Waals surface area (Å²) in [5, 5.41) is 8.29. The molecule has 0 bridgehead atoms. The van der Waals surface area contributed by atoms with Crippen LogP contribution in [0.3, 0.4) is 0 Å². The van der Waals surface area contributed by atoms with Gasteiger partial charge in [-0.25, -0.2) is 4.98 Å². The van der Waals surface area contributed by atoms with Crippen LogP contribution in [0, 0.1) is 0 Å². The predicted molar refractivity (Wildman–Crippen MR) is 82.9 cm³/mol. The molecule has 1 unspecified atom stereocenters. The van der Waals surface area contributed by atoms with Crippen molar-refractivity contribution in [1.29, 1.82) is 0 Å². The molecule has 0 aliphatic carbocycles. The first kappa shape index (κ1) is 13.5. The van der Waals surface area contributed by atoms with Gasteiger partial charge in [-0.05, 0) is 18.4 Å². The number of nitrogens with one attached hydrogen (secondary N) is 2. The standard InChI is InChI=1S/C13H15N7S/c1-9(10-4-3-7-21-10)16-12-17-11(14-2)18-13(19-12)20-6-5-15-8-20/h3-9H,1-2H3,(H2,14,16,17,18,19). The van der Waals surface area contributed by atoms with Gasteiger partial charge in [-0.2, -0.15) is 15.0 Å². The third-order valence-electron chi connectivity index (χ3n) is 2.90. The van der Waals surface area contributed by atoms with Gasteiger partial charge in [-0.15, -0.1) is 11.3 Å². The SMILES string of the molecule is CNc1nc(NC(C)c2cccs2)nc(-n2ccnc2)n1. The van der Waals surface area contributed by atoms with Crippen molar-refractivity contribution in [2.75, 3.05) is 17.7 Å². The van der Waals surface area contributed by atoms with Crippen LogP contribution in [0.5, 0.6) is 0 Å². The van der Waals surface area contributed by atoms with Gasteiger partial charge in [0, 0.05) is 24.3 Å². The van der Waals surface area contributed by atoms with Crippen LogP contribution in [-0.2, 0) is 0 Å². The van der Waals surface area contributed by atoms with Gasteiger partial charge in [-0.1, -0.05) is 6.07 Å². The first-order valence-corrected chi connectivity index (χ1v) is 7.36. The van der Waals surface area contributed by atoms with Crippen LogP contribution in [0.1, 0.15) is 17.8 Å². The van der Waals surface area contributed by atoms with E-state index in [2.05, 4.69) is 48.9 Å². The molecule has 0 amide bonds. The van der Waals surface area contributed by atoms with Crippen molar-refractivity contribution in [2.45, 2.75) is 13.0 Å². The highest BCUT2D eigenvalue weighted by Crippen LogP contribution is 2.22. The zero-order valence-electron chi connectivity index (χ0n) is 11.7. The van der Waals surface area contributed by atoms with Crippen LogP contribution in [0.2, 0.25) is 0 Å². The van der Waals surface area contributed by atoms with Crippen molar-refractivity contribution in [3.8, 4) is 5.95 Å². The van der Waals surface area contributed by atoms with Crippen molar-refractivity contribution >= 4 is 23.2 Å². The minimum Gasteiger partial charge on any atom is -0.357 e. The van der Waals surface area contributed by atoms with Crippen molar-refractivity contribution < 1.29 is 0 Å². The molecule has 0 fully saturated rings. The maximum atomic E-state index is 4.43. The molecule has 0 radical (unpaired) electrons. The Bertz CT molecular complexity index is 693. The average Bonchev–Trinajstić information content (AvgIpc) is 3.19. The topological polar surface area (TPSA) is 80.5 Å². The molecule has 1 atom stereocenters. The molecule has 0 aromatic carbocycles. The Morgan fingerprint density at radius 2 is 2.10 bits per heavy atom. The van der Waals surface area contributed by atoms with Crippen LogP contribution in [0.15, 0.2) is 36.2 Å². The molecule has 3 aromatic heterocycles. The third-order valence-corrected chi connectivity index (χ3v) is 3.95. The van der Waals surface area contributed by atoms with E-state index < -0.39 is 0 Å². The summed E-state index contributed by atoms with van der Waals surface area (Å²) in [5.41, 5.74) is 0. The molecule has 7 nitrogen and oxygen atoms in total. The molecular weight excluding hydrogens is 286 g/mol. The van der Waals surface area contributed by atoms with Crippen LogP contribution in [0.4, 0.5) is 11.9 Å². The Labute approximate surface area is 126 Å². The Morgan fingerprint density at radius 1 is 1.24 bits per heavy atom.